The summed E-state index contributed by atoms with van der Waals surface area (Å²) >= 11 is 0. The lowest BCUT2D eigenvalue weighted by Crippen LogP contribution is -2.32. The second kappa shape index (κ2) is 9.56. The van der Waals surface area contributed by atoms with Gasteiger partial charge >= 0.3 is 0 Å². The van der Waals surface area contributed by atoms with Crippen LogP contribution in [0.5, 0.6) is 17.2 Å². The SMILES string of the molecule is CCN(CC)C(=O)c1cc(C)n(C)c1/C=C1\Oc2ccc(O)c(OC)c2-c2ccc3c(c21)C(C)=CC(C)(C)N3. The average Bonchev–Trinajstić information content (AvgIpc) is 3.16. The quantitative estimate of drug-likeness (QED) is 0.386. The van der Waals surface area contributed by atoms with Crippen LogP contribution in [0, 0.1) is 6.92 Å². The van der Waals surface area contributed by atoms with Gasteiger partial charge in [0.2, 0.25) is 0 Å². The first-order valence-corrected chi connectivity index (χ1v) is 13.4. The largest absolute Gasteiger partial charge is 0.504 e. The average molecular weight is 528 g/mol. The number of carbonyl (C=O) groups is 1. The maximum Gasteiger partial charge on any atom is 0.256 e. The Morgan fingerprint density at radius 1 is 1.13 bits per heavy atom. The van der Waals surface area contributed by atoms with E-state index in [-0.39, 0.29) is 17.2 Å². The van der Waals surface area contributed by atoms with Gasteiger partial charge in [0, 0.05) is 54.3 Å². The number of hydrogen-bond acceptors (Lipinski definition) is 5. The number of carbonyl (C=O) groups excluding carboxylic acids is 1. The summed E-state index contributed by atoms with van der Waals surface area (Å²) in [5.41, 5.74) is 7.82. The molecule has 204 valence electrons. The Hall–Kier alpha value is -4.13. The van der Waals surface area contributed by atoms with Gasteiger partial charge in [0.15, 0.2) is 11.5 Å². The number of phenolic OH excluding ortho intramolecular Hbond substituents is 1. The molecule has 0 unspecified atom stereocenters. The van der Waals surface area contributed by atoms with E-state index in [4.69, 9.17) is 9.47 Å². The summed E-state index contributed by atoms with van der Waals surface area (Å²) in [7, 11) is 3.51. The van der Waals surface area contributed by atoms with Crippen molar-refractivity contribution in [3.8, 4) is 28.4 Å². The summed E-state index contributed by atoms with van der Waals surface area (Å²) in [6, 6.07) is 9.40. The number of ether oxygens (including phenoxy) is 2. The minimum absolute atomic E-state index is 0.00634. The highest BCUT2D eigenvalue weighted by molar-refractivity contribution is 6.04. The Kier molecular flexibility index (Phi) is 6.49. The molecule has 0 saturated carbocycles. The van der Waals surface area contributed by atoms with Gasteiger partial charge in [-0.05, 0) is 71.4 Å². The molecular formula is C32H37N3O4. The lowest BCUT2D eigenvalue weighted by molar-refractivity contribution is 0.0772. The van der Waals surface area contributed by atoms with Crippen LogP contribution in [-0.4, -0.2) is 46.2 Å². The van der Waals surface area contributed by atoms with Gasteiger partial charge in [0.1, 0.15) is 11.5 Å². The van der Waals surface area contributed by atoms with Crippen molar-refractivity contribution < 1.29 is 19.4 Å². The Labute approximate surface area is 230 Å². The normalized spacial score (nSPS) is 15.9. The molecule has 3 heterocycles. The minimum Gasteiger partial charge on any atom is -0.504 e. The van der Waals surface area contributed by atoms with Crippen LogP contribution in [0.3, 0.4) is 0 Å². The number of benzene rings is 2. The number of anilines is 1. The molecule has 0 spiro atoms. The molecule has 0 atom stereocenters. The third-order valence-electron chi connectivity index (χ3n) is 7.74. The van der Waals surface area contributed by atoms with Gasteiger partial charge in [-0.3, -0.25) is 4.79 Å². The van der Waals surface area contributed by atoms with Crippen LogP contribution < -0.4 is 14.8 Å². The molecule has 1 aromatic heterocycles. The summed E-state index contributed by atoms with van der Waals surface area (Å²) in [4.78, 5) is 15.4. The standard InChI is InChI=1S/C32H37N3O4/c1-9-35(10-2)31(37)21-15-19(4)34(7)23(21)16-26-28-20(29-25(39-26)14-13-24(36)30(29)38-8)11-12-22-27(28)18(3)17-32(5,6)33-22/h11-17,33,36H,9-10H2,1-8H3/b26-16-. The number of rotatable bonds is 5. The summed E-state index contributed by atoms with van der Waals surface area (Å²) < 4.78 is 14.3. The molecular weight excluding hydrogens is 490 g/mol. The molecule has 0 bridgehead atoms. The highest BCUT2D eigenvalue weighted by Gasteiger charge is 2.34. The molecule has 0 radical (unpaired) electrons. The number of phenols is 1. The minimum atomic E-state index is -0.211. The zero-order valence-corrected chi connectivity index (χ0v) is 24.0. The van der Waals surface area contributed by atoms with E-state index in [0.717, 1.165) is 39.3 Å². The number of amides is 1. The lowest BCUT2D eigenvalue weighted by atomic mass is 9.83. The Bertz CT molecular complexity index is 1550. The van der Waals surface area contributed by atoms with Gasteiger partial charge in [-0.25, -0.2) is 0 Å². The molecule has 3 aromatic rings. The fraction of sp³-hybridized carbons (Fsp3) is 0.344. The maximum absolute atomic E-state index is 13.5. The molecule has 2 aliphatic rings. The monoisotopic (exact) mass is 527 g/mol. The first kappa shape index (κ1) is 26.5. The van der Waals surface area contributed by atoms with Crippen LogP contribution in [0.4, 0.5) is 5.69 Å². The number of aromatic hydroxyl groups is 1. The van der Waals surface area contributed by atoms with Gasteiger partial charge < -0.3 is 29.4 Å². The molecule has 7 nitrogen and oxygen atoms in total. The van der Waals surface area contributed by atoms with E-state index in [1.165, 1.54) is 0 Å². The summed E-state index contributed by atoms with van der Waals surface area (Å²) in [6.07, 6.45) is 4.18. The van der Waals surface area contributed by atoms with Crippen LogP contribution in [0.25, 0.3) is 28.5 Å². The molecule has 0 saturated heterocycles. The number of fused-ring (bicyclic) bond motifs is 5. The fourth-order valence-corrected chi connectivity index (χ4v) is 5.85. The Balaban J connectivity index is 1.82. The van der Waals surface area contributed by atoms with Crippen molar-refractivity contribution in [1.82, 2.24) is 9.47 Å². The topological polar surface area (TPSA) is 76.0 Å². The summed E-state index contributed by atoms with van der Waals surface area (Å²) in [6.45, 7) is 13.6. The van der Waals surface area contributed by atoms with Crippen LogP contribution in [0.2, 0.25) is 0 Å². The number of hydrogen-bond donors (Lipinski definition) is 2. The van der Waals surface area contributed by atoms with Crippen molar-refractivity contribution in [3.63, 3.8) is 0 Å². The zero-order chi connectivity index (χ0) is 28.2. The third kappa shape index (κ3) is 4.26. The highest BCUT2D eigenvalue weighted by atomic mass is 16.5. The van der Waals surface area contributed by atoms with Crippen LogP contribution in [0.1, 0.15) is 67.5 Å². The molecule has 7 heteroatoms. The van der Waals surface area contributed by atoms with E-state index in [0.29, 0.717) is 41.5 Å². The maximum atomic E-state index is 13.5. The second-order valence-electron chi connectivity index (χ2n) is 10.8. The first-order chi connectivity index (χ1) is 18.5. The molecule has 1 amide bonds. The van der Waals surface area contributed by atoms with Crippen molar-refractivity contribution in [1.29, 1.82) is 0 Å². The van der Waals surface area contributed by atoms with Crippen molar-refractivity contribution in [3.05, 3.63) is 64.5 Å². The summed E-state index contributed by atoms with van der Waals surface area (Å²) in [5, 5.41) is 14.3. The van der Waals surface area contributed by atoms with E-state index < -0.39 is 0 Å². The number of aryl methyl sites for hydroxylation is 1. The molecule has 0 fully saturated rings. The van der Waals surface area contributed by atoms with E-state index in [2.05, 4.69) is 38.2 Å². The number of methoxy groups -OCH3 is 1. The van der Waals surface area contributed by atoms with Gasteiger partial charge in [-0.1, -0.05) is 12.1 Å². The van der Waals surface area contributed by atoms with Gasteiger partial charge in [-0.15, -0.1) is 0 Å². The predicted molar refractivity (Wildman–Crippen MR) is 157 cm³/mol. The summed E-state index contributed by atoms with van der Waals surface area (Å²) in [5.74, 6) is 1.62. The molecule has 0 aliphatic carbocycles. The van der Waals surface area contributed by atoms with E-state index >= 15 is 0 Å². The molecule has 2 aromatic carbocycles. The van der Waals surface area contributed by atoms with E-state index in [1.54, 1.807) is 19.2 Å². The van der Waals surface area contributed by atoms with Crippen molar-refractivity contribution >= 4 is 29.0 Å². The molecule has 39 heavy (non-hydrogen) atoms. The highest BCUT2D eigenvalue weighted by Crippen LogP contribution is 2.54. The van der Waals surface area contributed by atoms with Gasteiger partial charge in [0.05, 0.1) is 29.5 Å². The van der Waals surface area contributed by atoms with Crippen LogP contribution in [0.15, 0.2) is 36.4 Å². The van der Waals surface area contributed by atoms with Crippen molar-refractivity contribution in [2.75, 3.05) is 25.5 Å². The Morgan fingerprint density at radius 2 is 1.85 bits per heavy atom. The molecule has 2 aliphatic heterocycles. The number of nitrogens with one attached hydrogen (secondary N) is 1. The number of nitrogens with zero attached hydrogens (tertiary/aromatic N) is 2. The number of allylic oxidation sites excluding steroid dienone is 1. The number of aromatic nitrogens is 1. The van der Waals surface area contributed by atoms with Crippen LogP contribution >= 0.6 is 0 Å². The van der Waals surface area contributed by atoms with E-state index in [1.807, 2.05) is 55.5 Å². The molecule has 5 rings (SSSR count). The van der Waals surface area contributed by atoms with Crippen molar-refractivity contribution in [2.24, 2.45) is 7.05 Å². The van der Waals surface area contributed by atoms with Gasteiger partial charge in [0.25, 0.3) is 5.91 Å². The van der Waals surface area contributed by atoms with E-state index in [9.17, 15) is 9.90 Å². The van der Waals surface area contributed by atoms with Gasteiger partial charge in [-0.2, -0.15) is 0 Å². The Morgan fingerprint density at radius 3 is 2.51 bits per heavy atom. The predicted octanol–water partition coefficient (Wildman–Crippen LogP) is 6.69. The van der Waals surface area contributed by atoms with Crippen molar-refractivity contribution in [2.45, 2.75) is 47.1 Å². The lowest BCUT2D eigenvalue weighted by Gasteiger charge is -2.35. The first-order valence-electron chi connectivity index (χ1n) is 13.4. The smallest absolute Gasteiger partial charge is 0.256 e. The molecule has 2 N–H and O–H groups in total. The third-order valence-corrected chi connectivity index (χ3v) is 7.74. The van der Waals surface area contributed by atoms with Crippen LogP contribution in [-0.2, 0) is 7.05 Å². The zero-order valence-electron chi connectivity index (χ0n) is 24.0. The fourth-order valence-electron chi connectivity index (χ4n) is 5.85. The second-order valence-corrected chi connectivity index (χ2v) is 10.8.